The van der Waals surface area contributed by atoms with Gasteiger partial charge in [-0.1, -0.05) is 30.4 Å². The van der Waals surface area contributed by atoms with E-state index in [0.29, 0.717) is 19.3 Å². The van der Waals surface area contributed by atoms with Crippen molar-refractivity contribution < 1.29 is 4.79 Å². The van der Waals surface area contributed by atoms with Gasteiger partial charge in [-0.2, -0.15) is 0 Å². The maximum atomic E-state index is 12.0. The van der Waals surface area contributed by atoms with E-state index in [4.69, 9.17) is 5.73 Å². The number of benzene rings is 1. The molecule has 0 fully saturated rings. The SMILES string of the molecule is NC1CC=CCCC(=O)Nc2ccccc2-c2c[nH]c1n2. The molecule has 5 heteroatoms. The molecule has 0 radical (unpaired) electrons. The molecule has 4 N–H and O–H groups in total. The number of carbonyl (C=O) groups is 1. The third kappa shape index (κ3) is 3.03. The van der Waals surface area contributed by atoms with E-state index in [9.17, 15) is 4.79 Å². The Kier molecular flexibility index (Phi) is 3.83. The first-order valence-electron chi connectivity index (χ1n) is 7.09. The number of nitrogens with zero attached hydrogens (tertiary/aromatic N) is 1. The summed E-state index contributed by atoms with van der Waals surface area (Å²) in [4.78, 5) is 19.7. The Morgan fingerprint density at radius 1 is 1.24 bits per heavy atom. The van der Waals surface area contributed by atoms with Gasteiger partial charge in [0, 0.05) is 18.2 Å². The van der Waals surface area contributed by atoms with Crippen LogP contribution in [-0.4, -0.2) is 15.9 Å². The Labute approximate surface area is 123 Å². The standard InChI is InChI=1S/C16H18N4O/c17-12-7-2-1-3-9-15(21)19-13-8-5-4-6-11(13)14-10-18-16(12)20-14/h1-2,4-6,8,10,12H,3,7,9,17H2,(H,18,20)(H,19,21). The number of fused-ring (bicyclic) bond motifs is 4. The molecular formula is C16H18N4O. The van der Waals surface area contributed by atoms with E-state index in [-0.39, 0.29) is 11.9 Å². The van der Waals surface area contributed by atoms with Crippen LogP contribution in [0.5, 0.6) is 0 Å². The van der Waals surface area contributed by atoms with E-state index in [0.717, 1.165) is 22.8 Å². The monoisotopic (exact) mass is 282 g/mol. The number of imidazole rings is 1. The highest BCUT2D eigenvalue weighted by atomic mass is 16.1. The quantitative estimate of drug-likeness (QED) is 0.650. The maximum Gasteiger partial charge on any atom is 0.224 e. The lowest BCUT2D eigenvalue weighted by Gasteiger charge is -2.09. The summed E-state index contributed by atoms with van der Waals surface area (Å²) >= 11 is 0. The topological polar surface area (TPSA) is 83.8 Å². The highest BCUT2D eigenvalue weighted by Gasteiger charge is 2.14. The number of anilines is 1. The van der Waals surface area contributed by atoms with Crippen molar-refractivity contribution in [3.63, 3.8) is 0 Å². The second-order valence-electron chi connectivity index (χ2n) is 5.12. The summed E-state index contributed by atoms with van der Waals surface area (Å²) in [6.45, 7) is 0. The molecule has 2 heterocycles. The zero-order chi connectivity index (χ0) is 14.7. The number of aromatic nitrogens is 2. The third-order valence-electron chi connectivity index (χ3n) is 3.52. The van der Waals surface area contributed by atoms with Crippen LogP contribution in [0.1, 0.15) is 31.1 Å². The Bertz CT molecular complexity index is 674. The summed E-state index contributed by atoms with van der Waals surface area (Å²) in [7, 11) is 0. The average molecular weight is 282 g/mol. The molecule has 1 aliphatic rings. The molecule has 1 unspecified atom stereocenters. The summed E-state index contributed by atoms with van der Waals surface area (Å²) < 4.78 is 0. The predicted octanol–water partition coefficient (Wildman–Crippen LogP) is 2.76. The van der Waals surface area contributed by atoms with E-state index in [1.807, 2.05) is 42.6 Å². The molecule has 2 aromatic rings. The minimum Gasteiger partial charge on any atom is -0.347 e. The first-order valence-corrected chi connectivity index (χ1v) is 7.09. The lowest BCUT2D eigenvalue weighted by molar-refractivity contribution is -0.116. The van der Waals surface area contributed by atoms with Crippen molar-refractivity contribution >= 4 is 11.6 Å². The Morgan fingerprint density at radius 3 is 3.00 bits per heavy atom. The van der Waals surface area contributed by atoms with E-state index in [1.54, 1.807) is 0 Å². The number of H-pyrrole nitrogens is 1. The zero-order valence-electron chi connectivity index (χ0n) is 11.7. The largest absolute Gasteiger partial charge is 0.347 e. The van der Waals surface area contributed by atoms with Crippen molar-refractivity contribution in [2.45, 2.75) is 25.3 Å². The fraction of sp³-hybridized carbons (Fsp3) is 0.250. The van der Waals surface area contributed by atoms with Gasteiger partial charge in [-0.25, -0.2) is 4.98 Å². The van der Waals surface area contributed by atoms with Gasteiger partial charge in [-0.05, 0) is 18.9 Å². The Morgan fingerprint density at radius 2 is 2.10 bits per heavy atom. The van der Waals surface area contributed by atoms with Crippen LogP contribution in [0.2, 0.25) is 0 Å². The van der Waals surface area contributed by atoms with Crippen LogP contribution < -0.4 is 11.1 Å². The number of nitrogens with one attached hydrogen (secondary N) is 2. The molecule has 0 saturated carbocycles. The molecule has 108 valence electrons. The van der Waals surface area contributed by atoms with Gasteiger partial charge in [-0.15, -0.1) is 0 Å². The van der Waals surface area contributed by atoms with Crippen LogP contribution in [0.15, 0.2) is 42.6 Å². The van der Waals surface area contributed by atoms with Gasteiger partial charge in [0.25, 0.3) is 0 Å². The molecule has 21 heavy (non-hydrogen) atoms. The number of hydrogen-bond donors (Lipinski definition) is 3. The number of aromatic amines is 1. The molecule has 1 aromatic heterocycles. The van der Waals surface area contributed by atoms with Gasteiger partial charge in [0.2, 0.25) is 5.91 Å². The Balaban J connectivity index is 2.03. The van der Waals surface area contributed by atoms with Crippen molar-refractivity contribution in [3.8, 4) is 11.3 Å². The summed E-state index contributed by atoms with van der Waals surface area (Å²) in [5.41, 5.74) is 8.58. The minimum absolute atomic E-state index is 0.00593. The number of para-hydroxylation sites is 1. The molecule has 0 saturated heterocycles. The number of amides is 1. The van der Waals surface area contributed by atoms with E-state index in [1.165, 1.54) is 0 Å². The molecule has 0 aliphatic carbocycles. The predicted molar refractivity (Wildman–Crippen MR) is 82.6 cm³/mol. The fourth-order valence-corrected chi connectivity index (χ4v) is 2.38. The van der Waals surface area contributed by atoms with Crippen LogP contribution in [-0.2, 0) is 4.79 Å². The molecular weight excluding hydrogens is 264 g/mol. The van der Waals surface area contributed by atoms with Crippen molar-refractivity contribution in [2.24, 2.45) is 5.73 Å². The van der Waals surface area contributed by atoms with E-state index in [2.05, 4.69) is 15.3 Å². The van der Waals surface area contributed by atoms with Gasteiger partial charge in [0.1, 0.15) is 5.82 Å². The molecule has 1 amide bonds. The average Bonchev–Trinajstić information content (AvgIpc) is 2.96. The number of allylic oxidation sites excluding steroid dienone is 1. The van der Waals surface area contributed by atoms with E-state index < -0.39 is 0 Å². The van der Waals surface area contributed by atoms with E-state index >= 15 is 0 Å². The lowest BCUT2D eigenvalue weighted by Crippen LogP contribution is -2.11. The summed E-state index contributed by atoms with van der Waals surface area (Å²) in [5.74, 6) is 0.765. The third-order valence-corrected chi connectivity index (χ3v) is 3.52. The number of carbonyl (C=O) groups excluding carboxylic acids is 1. The van der Waals surface area contributed by atoms with Gasteiger partial charge < -0.3 is 16.0 Å². The first kappa shape index (κ1) is 13.6. The summed E-state index contributed by atoms with van der Waals surface area (Å²) in [6.07, 6.45) is 7.71. The van der Waals surface area contributed by atoms with Crippen molar-refractivity contribution in [1.82, 2.24) is 9.97 Å². The highest BCUT2D eigenvalue weighted by molar-refractivity contribution is 5.95. The zero-order valence-corrected chi connectivity index (χ0v) is 11.7. The minimum atomic E-state index is -0.161. The summed E-state index contributed by atoms with van der Waals surface area (Å²) in [5, 5.41) is 2.95. The van der Waals surface area contributed by atoms with Crippen LogP contribution in [0.4, 0.5) is 5.69 Å². The van der Waals surface area contributed by atoms with Crippen LogP contribution in [0.3, 0.4) is 0 Å². The lowest BCUT2D eigenvalue weighted by atomic mass is 10.1. The van der Waals surface area contributed by atoms with Gasteiger partial charge in [0.05, 0.1) is 17.4 Å². The van der Waals surface area contributed by atoms with Crippen LogP contribution >= 0.6 is 0 Å². The summed E-state index contributed by atoms with van der Waals surface area (Å²) in [6, 6.07) is 7.50. The molecule has 3 rings (SSSR count). The number of nitrogens with two attached hydrogens (primary N) is 1. The molecule has 1 atom stereocenters. The maximum absolute atomic E-state index is 12.0. The van der Waals surface area contributed by atoms with Crippen LogP contribution in [0, 0.1) is 0 Å². The molecule has 2 bridgehead atoms. The smallest absolute Gasteiger partial charge is 0.224 e. The second-order valence-corrected chi connectivity index (χ2v) is 5.12. The van der Waals surface area contributed by atoms with Crippen molar-refractivity contribution in [1.29, 1.82) is 0 Å². The second kappa shape index (κ2) is 5.93. The van der Waals surface area contributed by atoms with Crippen LogP contribution in [0.25, 0.3) is 11.3 Å². The molecule has 5 nitrogen and oxygen atoms in total. The highest BCUT2D eigenvalue weighted by Crippen LogP contribution is 2.28. The number of hydrogen-bond acceptors (Lipinski definition) is 3. The van der Waals surface area contributed by atoms with Gasteiger partial charge in [0.15, 0.2) is 0 Å². The van der Waals surface area contributed by atoms with Gasteiger partial charge >= 0.3 is 0 Å². The van der Waals surface area contributed by atoms with Crippen molar-refractivity contribution in [2.75, 3.05) is 5.32 Å². The molecule has 1 aromatic carbocycles. The van der Waals surface area contributed by atoms with Crippen molar-refractivity contribution in [3.05, 3.63) is 48.4 Å². The first-order chi connectivity index (χ1) is 10.2. The number of rotatable bonds is 0. The normalized spacial score (nSPS) is 18.9. The van der Waals surface area contributed by atoms with Gasteiger partial charge in [-0.3, -0.25) is 4.79 Å². The fourth-order valence-electron chi connectivity index (χ4n) is 2.38. The molecule has 0 spiro atoms. The molecule has 1 aliphatic heterocycles. The Hall–Kier alpha value is -2.40.